The van der Waals surface area contributed by atoms with Crippen molar-refractivity contribution in [1.82, 2.24) is 0 Å². The molecule has 2 nitrogen and oxygen atoms in total. The first kappa shape index (κ1) is 17.6. The fourth-order valence-corrected chi connectivity index (χ4v) is 2.79. The van der Waals surface area contributed by atoms with Crippen molar-refractivity contribution in [2.75, 3.05) is 5.32 Å². The fraction of sp³-hybridized carbons (Fsp3) is 0.100. The first-order chi connectivity index (χ1) is 12.1. The summed E-state index contributed by atoms with van der Waals surface area (Å²) in [7, 11) is 0. The van der Waals surface area contributed by atoms with Gasteiger partial charge in [-0.25, -0.2) is 4.39 Å². The summed E-state index contributed by atoms with van der Waals surface area (Å²) in [6.45, 7) is 0.919. The van der Waals surface area contributed by atoms with E-state index in [0.29, 0.717) is 23.2 Å². The molecule has 0 bridgehead atoms. The van der Waals surface area contributed by atoms with E-state index in [-0.39, 0.29) is 5.82 Å². The Balaban J connectivity index is 1.70. The minimum absolute atomic E-state index is 0.265. The average Bonchev–Trinajstić information content (AvgIpc) is 2.60. The second kappa shape index (κ2) is 8.24. The summed E-state index contributed by atoms with van der Waals surface area (Å²) in [6, 6.07) is 19.2. The van der Waals surface area contributed by atoms with Gasteiger partial charge in [-0.2, -0.15) is 0 Å². The summed E-state index contributed by atoms with van der Waals surface area (Å²) in [4.78, 5) is 0. The van der Waals surface area contributed by atoms with Gasteiger partial charge in [-0.3, -0.25) is 0 Å². The molecule has 0 saturated carbocycles. The van der Waals surface area contributed by atoms with Gasteiger partial charge >= 0.3 is 0 Å². The molecule has 0 aliphatic carbocycles. The second-order valence-corrected chi connectivity index (χ2v) is 6.40. The maximum absolute atomic E-state index is 13.0. The van der Waals surface area contributed by atoms with Crippen molar-refractivity contribution in [2.24, 2.45) is 0 Å². The molecule has 3 aromatic rings. The number of hydrogen-bond acceptors (Lipinski definition) is 2. The number of ether oxygens (including phenoxy) is 1. The molecule has 0 spiro atoms. The highest BCUT2D eigenvalue weighted by Gasteiger charge is 2.06. The highest BCUT2D eigenvalue weighted by Crippen LogP contribution is 2.25. The van der Waals surface area contributed by atoms with Gasteiger partial charge in [0.15, 0.2) is 0 Å². The Labute approximate surface area is 156 Å². The van der Waals surface area contributed by atoms with Crippen molar-refractivity contribution < 1.29 is 9.13 Å². The SMILES string of the molecule is Fc1ccc(NCc2cc(Cl)ccc2OCc2cccc(Cl)c2)cc1. The number of rotatable bonds is 6. The number of anilines is 1. The molecular weight excluding hydrogens is 360 g/mol. The topological polar surface area (TPSA) is 21.3 Å². The van der Waals surface area contributed by atoms with Crippen LogP contribution in [0.15, 0.2) is 66.7 Å². The van der Waals surface area contributed by atoms with Crippen molar-refractivity contribution in [2.45, 2.75) is 13.2 Å². The van der Waals surface area contributed by atoms with E-state index in [1.54, 1.807) is 18.2 Å². The standard InChI is InChI=1S/C20H16Cl2FNO/c21-16-3-1-2-14(10-16)13-25-20-9-4-17(22)11-15(20)12-24-19-7-5-18(23)6-8-19/h1-11,24H,12-13H2. The third-order valence-electron chi connectivity index (χ3n) is 3.63. The third-order valence-corrected chi connectivity index (χ3v) is 4.10. The van der Waals surface area contributed by atoms with Crippen LogP contribution in [0.5, 0.6) is 5.75 Å². The van der Waals surface area contributed by atoms with Crippen LogP contribution in [-0.2, 0) is 13.2 Å². The lowest BCUT2D eigenvalue weighted by molar-refractivity contribution is 0.303. The van der Waals surface area contributed by atoms with Gasteiger partial charge in [-0.05, 0) is 60.2 Å². The van der Waals surface area contributed by atoms with E-state index in [2.05, 4.69) is 5.32 Å². The Kier molecular flexibility index (Phi) is 5.79. The van der Waals surface area contributed by atoms with Crippen LogP contribution >= 0.6 is 23.2 Å². The molecule has 0 heterocycles. The van der Waals surface area contributed by atoms with Crippen LogP contribution in [0.1, 0.15) is 11.1 Å². The molecule has 0 amide bonds. The monoisotopic (exact) mass is 375 g/mol. The van der Waals surface area contributed by atoms with E-state index in [1.807, 2.05) is 36.4 Å². The van der Waals surface area contributed by atoms with E-state index in [1.165, 1.54) is 12.1 Å². The zero-order chi connectivity index (χ0) is 17.6. The summed E-state index contributed by atoms with van der Waals surface area (Å²) >= 11 is 12.1. The first-order valence-electron chi connectivity index (χ1n) is 7.75. The van der Waals surface area contributed by atoms with E-state index < -0.39 is 0 Å². The molecule has 25 heavy (non-hydrogen) atoms. The molecule has 0 fully saturated rings. The fourth-order valence-electron chi connectivity index (χ4n) is 2.38. The molecule has 0 atom stereocenters. The third kappa shape index (κ3) is 5.12. The number of halogens is 3. The minimum atomic E-state index is -0.265. The van der Waals surface area contributed by atoms with Crippen LogP contribution < -0.4 is 10.1 Å². The van der Waals surface area contributed by atoms with Crippen molar-refractivity contribution in [3.8, 4) is 5.75 Å². The van der Waals surface area contributed by atoms with E-state index >= 15 is 0 Å². The predicted octanol–water partition coefficient (Wildman–Crippen LogP) is 6.32. The lowest BCUT2D eigenvalue weighted by Crippen LogP contribution is -2.04. The molecule has 128 valence electrons. The van der Waals surface area contributed by atoms with Crippen LogP contribution in [0.25, 0.3) is 0 Å². The molecule has 5 heteroatoms. The molecule has 0 unspecified atom stereocenters. The van der Waals surface area contributed by atoms with Crippen LogP contribution in [0.3, 0.4) is 0 Å². The summed E-state index contributed by atoms with van der Waals surface area (Å²) in [5, 5.41) is 4.54. The van der Waals surface area contributed by atoms with Gasteiger partial charge in [0.2, 0.25) is 0 Å². The van der Waals surface area contributed by atoms with E-state index in [0.717, 1.165) is 22.6 Å². The normalized spacial score (nSPS) is 10.5. The minimum Gasteiger partial charge on any atom is -0.489 e. The Hall–Kier alpha value is -2.23. The number of benzene rings is 3. The van der Waals surface area contributed by atoms with Gasteiger partial charge in [-0.15, -0.1) is 0 Å². The van der Waals surface area contributed by atoms with Crippen molar-refractivity contribution >= 4 is 28.9 Å². The van der Waals surface area contributed by atoms with Gasteiger partial charge < -0.3 is 10.1 Å². The lowest BCUT2D eigenvalue weighted by Gasteiger charge is -2.14. The molecule has 0 radical (unpaired) electrons. The average molecular weight is 376 g/mol. The molecule has 0 aliphatic heterocycles. The highest BCUT2D eigenvalue weighted by atomic mass is 35.5. The maximum Gasteiger partial charge on any atom is 0.124 e. The quantitative estimate of drug-likeness (QED) is 0.543. The molecule has 0 aliphatic rings. The first-order valence-corrected chi connectivity index (χ1v) is 8.51. The lowest BCUT2D eigenvalue weighted by atomic mass is 10.2. The highest BCUT2D eigenvalue weighted by molar-refractivity contribution is 6.30. The molecular formula is C20H16Cl2FNO. The van der Waals surface area contributed by atoms with Gasteiger partial charge in [0, 0.05) is 27.8 Å². The molecule has 3 rings (SSSR count). The van der Waals surface area contributed by atoms with Crippen LogP contribution in [0, 0.1) is 5.82 Å². The summed E-state index contributed by atoms with van der Waals surface area (Å²) in [5.74, 6) is 0.470. The maximum atomic E-state index is 13.0. The molecule has 0 saturated heterocycles. The Bertz CT molecular complexity index is 853. The van der Waals surface area contributed by atoms with Crippen molar-refractivity contribution in [3.05, 3.63) is 93.7 Å². The van der Waals surface area contributed by atoms with Gasteiger partial charge in [-0.1, -0.05) is 35.3 Å². The van der Waals surface area contributed by atoms with Crippen LogP contribution in [0.4, 0.5) is 10.1 Å². The van der Waals surface area contributed by atoms with Gasteiger partial charge in [0.25, 0.3) is 0 Å². The summed E-state index contributed by atoms with van der Waals surface area (Å²) < 4.78 is 18.9. The Morgan fingerprint density at radius 1 is 0.880 bits per heavy atom. The summed E-state index contributed by atoms with van der Waals surface area (Å²) in [5.41, 5.74) is 2.72. The molecule has 3 aromatic carbocycles. The molecule has 1 N–H and O–H groups in total. The van der Waals surface area contributed by atoms with Crippen molar-refractivity contribution in [3.63, 3.8) is 0 Å². The Morgan fingerprint density at radius 2 is 1.64 bits per heavy atom. The van der Waals surface area contributed by atoms with Crippen LogP contribution in [-0.4, -0.2) is 0 Å². The summed E-state index contributed by atoms with van der Waals surface area (Å²) in [6.07, 6.45) is 0. The van der Waals surface area contributed by atoms with E-state index in [9.17, 15) is 4.39 Å². The predicted molar refractivity (Wildman–Crippen MR) is 101 cm³/mol. The van der Waals surface area contributed by atoms with Crippen molar-refractivity contribution in [1.29, 1.82) is 0 Å². The zero-order valence-corrected chi connectivity index (χ0v) is 14.8. The smallest absolute Gasteiger partial charge is 0.124 e. The largest absolute Gasteiger partial charge is 0.489 e. The van der Waals surface area contributed by atoms with E-state index in [4.69, 9.17) is 27.9 Å². The second-order valence-electron chi connectivity index (χ2n) is 5.53. The number of hydrogen-bond donors (Lipinski definition) is 1. The van der Waals surface area contributed by atoms with Gasteiger partial charge in [0.1, 0.15) is 18.2 Å². The zero-order valence-electron chi connectivity index (χ0n) is 13.3. The Morgan fingerprint density at radius 3 is 2.40 bits per heavy atom. The molecule has 0 aromatic heterocycles. The number of nitrogens with one attached hydrogen (secondary N) is 1. The van der Waals surface area contributed by atoms with Gasteiger partial charge in [0.05, 0.1) is 0 Å². The van der Waals surface area contributed by atoms with Crippen LogP contribution in [0.2, 0.25) is 10.0 Å².